The molecular formula is C12H13Cl2N3O. The molecule has 4 nitrogen and oxygen atoms in total. The van der Waals surface area contributed by atoms with Crippen LogP contribution in [0.5, 0.6) is 0 Å². The van der Waals surface area contributed by atoms with Crippen molar-refractivity contribution in [1.29, 1.82) is 0 Å². The number of hydrogen-bond acceptors (Lipinski definition) is 2. The number of nitrogens with zero attached hydrogens (tertiary/aromatic N) is 3. The van der Waals surface area contributed by atoms with Crippen molar-refractivity contribution in [2.24, 2.45) is 0 Å². The van der Waals surface area contributed by atoms with Gasteiger partial charge in [0.15, 0.2) is 0 Å². The van der Waals surface area contributed by atoms with Gasteiger partial charge in [0.25, 0.3) is 0 Å². The van der Waals surface area contributed by atoms with Gasteiger partial charge in [0.1, 0.15) is 10.3 Å². The molecule has 0 aliphatic carbocycles. The zero-order valence-electron chi connectivity index (χ0n) is 9.94. The van der Waals surface area contributed by atoms with Crippen LogP contribution in [0.15, 0.2) is 29.3 Å². The molecule has 0 atom stereocenters. The summed E-state index contributed by atoms with van der Waals surface area (Å²) in [5, 5.41) is 0.678. The van der Waals surface area contributed by atoms with Gasteiger partial charge in [-0.2, -0.15) is 0 Å². The average Bonchev–Trinajstić information content (AvgIpc) is 2.66. The Morgan fingerprint density at radius 2 is 1.94 bits per heavy atom. The first-order chi connectivity index (χ1) is 8.61. The van der Waals surface area contributed by atoms with Gasteiger partial charge in [-0.15, -0.1) is 0 Å². The number of imidazole rings is 1. The summed E-state index contributed by atoms with van der Waals surface area (Å²) in [6.45, 7) is 3.15. The lowest BCUT2D eigenvalue weighted by atomic mass is 10.3. The Morgan fingerprint density at radius 1 is 1.22 bits per heavy atom. The van der Waals surface area contributed by atoms with Gasteiger partial charge in [0.05, 0.1) is 6.54 Å². The van der Waals surface area contributed by atoms with Crippen LogP contribution in [-0.2, 0) is 13.1 Å². The van der Waals surface area contributed by atoms with E-state index in [-0.39, 0.29) is 5.69 Å². The van der Waals surface area contributed by atoms with Gasteiger partial charge in [-0.3, -0.25) is 9.13 Å². The molecule has 0 fully saturated rings. The monoisotopic (exact) mass is 285 g/mol. The van der Waals surface area contributed by atoms with Crippen LogP contribution in [0.1, 0.15) is 18.9 Å². The highest BCUT2D eigenvalue weighted by molar-refractivity contribution is 6.32. The van der Waals surface area contributed by atoms with Crippen molar-refractivity contribution in [3.05, 3.63) is 50.9 Å². The molecule has 0 saturated heterocycles. The van der Waals surface area contributed by atoms with Crippen molar-refractivity contribution in [1.82, 2.24) is 14.1 Å². The van der Waals surface area contributed by atoms with Crippen LogP contribution in [-0.4, -0.2) is 14.1 Å². The number of rotatable bonds is 4. The molecule has 2 heterocycles. The van der Waals surface area contributed by atoms with Crippen LogP contribution < -0.4 is 5.69 Å². The van der Waals surface area contributed by atoms with E-state index >= 15 is 0 Å². The van der Waals surface area contributed by atoms with Crippen LogP contribution in [0.3, 0.4) is 0 Å². The van der Waals surface area contributed by atoms with E-state index in [9.17, 15) is 4.79 Å². The summed E-state index contributed by atoms with van der Waals surface area (Å²) in [4.78, 5) is 15.9. The molecule has 2 aromatic heterocycles. The van der Waals surface area contributed by atoms with Crippen molar-refractivity contribution < 1.29 is 0 Å². The molecular weight excluding hydrogens is 273 g/mol. The van der Waals surface area contributed by atoms with Gasteiger partial charge >= 0.3 is 5.69 Å². The summed E-state index contributed by atoms with van der Waals surface area (Å²) in [7, 11) is 0. The number of pyridine rings is 1. The molecule has 0 amide bonds. The van der Waals surface area contributed by atoms with Gasteiger partial charge in [0, 0.05) is 24.5 Å². The summed E-state index contributed by atoms with van der Waals surface area (Å²) in [5.74, 6) is 0. The van der Waals surface area contributed by atoms with Gasteiger partial charge < -0.3 is 0 Å². The molecule has 0 aliphatic rings. The number of aromatic nitrogens is 3. The smallest absolute Gasteiger partial charge is 0.299 e. The quantitative estimate of drug-likeness (QED) is 0.811. The van der Waals surface area contributed by atoms with E-state index < -0.39 is 0 Å². The molecule has 0 saturated carbocycles. The third-order valence-corrected chi connectivity index (χ3v) is 3.15. The fraction of sp³-hybridized carbons (Fsp3) is 0.333. The largest absolute Gasteiger partial charge is 0.328 e. The van der Waals surface area contributed by atoms with E-state index in [0.29, 0.717) is 16.9 Å². The summed E-state index contributed by atoms with van der Waals surface area (Å²) in [5.41, 5.74) is 0.736. The first-order valence-corrected chi connectivity index (χ1v) is 6.44. The Morgan fingerprint density at radius 3 is 2.61 bits per heavy atom. The number of aryl methyl sites for hydroxylation is 1. The molecule has 2 aromatic rings. The lowest BCUT2D eigenvalue weighted by Gasteiger charge is -2.04. The molecule has 0 bridgehead atoms. The number of halogens is 2. The lowest BCUT2D eigenvalue weighted by molar-refractivity contribution is 0.624. The second-order valence-electron chi connectivity index (χ2n) is 3.99. The summed E-state index contributed by atoms with van der Waals surface area (Å²) in [6.07, 6.45) is 4.46. The minimum Gasteiger partial charge on any atom is -0.299 e. The van der Waals surface area contributed by atoms with Gasteiger partial charge in [-0.25, -0.2) is 9.78 Å². The topological polar surface area (TPSA) is 39.8 Å². The second kappa shape index (κ2) is 5.59. The maximum absolute atomic E-state index is 12.0. The van der Waals surface area contributed by atoms with Crippen molar-refractivity contribution in [2.45, 2.75) is 26.4 Å². The third-order valence-electron chi connectivity index (χ3n) is 2.62. The highest BCUT2D eigenvalue weighted by Crippen LogP contribution is 2.17. The molecule has 0 N–H and O–H groups in total. The van der Waals surface area contributed by atoms with Crippen LogP contribution in [0, 0.1) is 0 Å². The Labute approximate surface area is 115 Å². The van der Waals surface area contributed by atoms with Crippen molar-refractivity contribution in [2.75, 3.05) is 0 Å². The molecule has 96 valence electrons. The minimum atomic E-state index is -0.0390. The Balaban J connectivity index is 2.26. The van der Waals surface area contributed by atoms with Gasteiger partial charge in [0.2, 0.25) is 0 Å². The lowest BCUT2D eigenvalue weighted by Crippen LogP contribution is -2.24. The van der Waals surface area contributed by atoms with Crippen molar-refractivity contribution >= 4 is 23.2 Å². The highest BCUT2D eigenvalue weighted by atomic mass is 35.5. The number of hydrogen-bond donors (Lipinski definition) is 0. The third kappa shape index (κ3) is 2.76. The van der Waals surface area contributed by atoms with E-state index in [1.807, 2.05) is 6.92 Å². The second-order valence-corrected chi connectivity index (χ2v) is 4.73. The molecule has 0 radical (unpaired) electrons. The fourth-order valence-corrected chi connectivity index (χ4v) is 2.13. The Kier molecular flexibility index (Phi) is 4.09. The Hall–Kier alpha value is -1.26. The predicted molar refractivity (Wildman–Crippen MR) is 72.3 cm³/mol. The predicted octanol–water partition coefficient (Wildman–Crippen LogP) is 2.81. The standard InChI is InChI=1S/C12H13Cl2N3O/c1-2-5-16-6-7-17(12(16)18)8-9-3-4-10(13)15-11(9)14/h3-4,6-7H,2,5,8H2,1H3. The van der Waals surface area contributed by atoms with E-state index in [0.717, 1.165) is 18.5 Å². The molecule has 18 heavy (non-hydrogen) atoms. The van der Waals surface area contributed by atoms with Crippen molar-refractivity contribution in [3.63, 3.8) is 0 Å². The molecule has 0 aliphatic heterocycles. The molecule has 2 rings (SSSR count). The van der Waals surface area contributed by atoms with Crippen LogP contribution in [0.2, 0.25) is 10.3 Å². The van der Waals surface area contributed by atoms with Gasteiger partial charge in [-0.05, 0) is 12.5 Å². The minimum absolute atomic E-state index is 0.0390. The molecule has 6 heteroatoms. The zero-order chi connectivity index (χ0) is 13.1. The molecule has 0 spiro atoms. The SMILES string of the molecule is CCCn1ccn(Cc2ccc(Cl)nc2Cl)c1=O. The zero-order valence-corrected chi connectivity index (χ0v) is 11.4. The molecule has 0 unspecified atom stereocenters. The van der Waals surface area contributed by atoms with E-state index in [1.54, 1.807) is 33.7 Å². The van der Waals surface area contributed by atoms with E-state index in [1.165, 1.54) is 0 Å². The maximum atomic E-state index is 12.0. The van der Waals surface area contributed by atoms with E-state index in [4.69, 9.17) is 23.2 Å². The van der Waals surface area contributed by atoms with Crippen LogP contribution in [0.4, 0.5) is 0 Å². The normalized spacial score (nSPS) is 10.8. The van der Waals surface area contributed by atoms with Crippen molar-refractivity contribution in [3.8, 4) is 0 Å². The summed E-state index contributed by atoms with van der Waals surface area (Å²) < 4.78 is 3.28. The van der Waals surface area contributed by atoms with Crippen LogP contribution in [0.25, 0.3) is 0 Å². The highest BCUT2D eigenvalue weighted by Gasteiger charge is 2.07. The summed E-state index contributed by atoms with van der Waals surface area (Å²) in [6, 6.07) is 3.44. The van der Waals surface area contributed by atoms with Crippen LogP contribution >= 0.6 is 23.2 Å². The first-order valence-electron chi connectivity index (χ1n) is 5.68. The average molecular weight is 286 g/mol. The molecule has 0 aromatic carbocycles. The van der Waals surface area contributed by atoms with E-state index in [2.05, 4.69) is 4.98 Å². The van der Waals surface area contributed by atoms with Gasteiger partial charge in [-0.1, -0.05) is 36.2 Å². The Bertz CT molecular complexity index is 604. The fourth-order valence-electron chi connectivity index (χ4n) is 1.73. The maximum Gasteiger partial charge on any atom is 0.328 e. The summed E-state index contributed by atoms with van der Waals surface area (Å²) >= 11 is 11.7. The first kappa shape index (κ1) is 13.2.